The Morgan fingerprint density at radius 2 is 1.81 bits per heavy atom. The molecule has 1 aliphatic rings. The number of likely N-dealkylation sites (tertiary alicyclic amines) is 1. The standard InChI is InChI=1S/C24H31FN4O2/c1-15(2)24(31)29-11-5-6-19(14-29)23-27-16(3)21(17(4)28-23)12-22(30)26-13-18-7-9-20(25)10-8-18/h7-10,15,19H,5-6,11-14H2,1-4H3,(H,26,30)/t19-/m0/s1. The van der Waals surface area contributed by atoms with Gasteiger partial charge in [-0.05, 0) is 44.4 Å². The van der Waals surface area contributed by atoms with E-state index in [-0.39, 0.29) is 35.9 Å². The predicted molar refractivity (Wildman–Crippen MR) is 117 cm³/mol. The van der Waals surface area contributed by atoms with Gasteiger partial charge in [-0.25, -0.2) is 14.4 Å². The molecule has 1 aliphatic heterocycles. The summed E-state index contributed by atoms with van der Waals surface area (Å²) in [7, 11) is 0. The molecule has 0 bridgehead atoms. The van der Waals surface area contributed by atoms with Crippen molar-refractivity contribution in [2.45, 2.75) is 59.4 Å². The predicted octanol–water partition coefficient (Wildman–Crippen LogP) is 3.45. The number of benzene rings is 1. The van der Waals surface area contributed by atoms with E-state index in [1.807, 2.05) is 32.6 Å². The van der Waals surface area contributed by atoms with Gasteiger partial charge in [0.15, 0.2) is 0 Å². The molecule has 7 heteroatoms. The van der Waals surface area contributed by atoms with Crippen molar-refractivity contribution in [1.29, 1.82) is 0 Å². The van der Waals surface area contributed by atoms with E-state index >= 15 is 0 Å². The molecule has 0 saturated carbocycles. The summed E-state index contributed by atoms with van der Waals surface area (Å²) in [5.41, 5.74) is 3.26. The molecule has 1 atom stereocenters. The molecule has 2 aromatic rings. The zero-order valence-electron chi connectivity index (χ0n) is 18.7. The Kier molecular flexibility index (Phi) is 7.36. The molecule has 1 aromatic carbocycles. The van der Waals surface area contributed by atoms with E-state index in [2.05, 4.69) is 5.32 Å². The fourth-order valence-electron chi connectivity index (χ4n) is 3.98. The highest BCUT2D eigenvalue weighted by Gasteiger charge is 2.28. The molecule has 2 heterocycles. The molecule has 31 heavy (non-hydrogen) atoms. The highest BCUT2D eigenvalue weighted by Crippen LogP contribution is 2.27. The fraction of sp³-hybridized carbons (Fsp3) is 0.500. The Bertz CT molecular complexity index is 920. The average Bonchev–Trinajstić information content (AvgIpc) is 2.75. The number of hydrogen-bond donors (Lipinski definition) is 1. The average molecular weight is 427 g/mol. The van der Waals surface area contributed by atoms with Crippen molar-refractivity contribution >= 4 is 11.8 Å². The fourth-order valence-corrected chi connectivity index (χ4v) is 3.98. The molecule has 6 nitrogen and oxygen atoms in total. The van der Waals surface area contributed by atoms with E-state index in [1.54, 1.807) is 12.1 Å². The summed E-state index contributed by atoms with van der Waals surface area (Å²) >= 11 is 0. The molecule has 1 aromatic heterocycles. The van der Waals surface area contributed by atoms with Crippen molar-refractivity contribution < 1.29 is 14.0 Å². The van der Waals surface area contributed by atoms with Gasteiger partial charge in [0.25, 0.3) is 0 Å². The van der Waals surface area contributed by atoms with Crippen LogP contribution in [0.4, 0.5) is 4.39 Å². The lowest BCUT2D eigenvalue weighted by molar-refractivity contribution is -0.135. The van der Waals surface area contributed by atoms with Crippen LogP contribution in [-0.2, 0) is 22.6 Å². The van der Waals surface area contributed by atoms with Crippen LogP contribution in [0.2, 0.25) is 0 Å². The zero-order chi connectivity index (χ0) is 22.5. The molecular weight excluding hydrogens is 395 g/mol. The number of halogens is 1. The van der Waals surface area contributed by atoms with E-state index in [9.17, 15) is 14.0 Å². The smallest absolute Gasteiger partial charge is 0.225 e. The maximum absolute atomic E-state index is 13.0. The molecular formula is C24H31FN4O2. The molecule has 0 radical (unpaired) electrons. The Hall–Kier alpha value is -2.83. The number of nitrogens with zero attached hydrogens (tertiary/aromatic N) is 3. The summed E-state index contributed by atoms with van der Waals surface area (Å²) in [4.78, 5) is 36.2. The Morgan fingerprint density at radius 1 is 1.16 bits per heavy atom. The second-order valence-corrected chi connectivity index (χ2v) is 8.59. The SMILES string of the molecule is Cc1nc([C@H]2CCCN(C(=O)C(C)C)C2)nc(C)c1CC(=O)NCc1ccc(F)cc1. The number of carbonyl (C=O) groups is 2. The Morgan fingerprint density at radius 3 is 2.42 bits per heavy atom. The van der Waals surface area contributed by atoms with Crippen LogP contribution < -0.4 is 5.32 Å². The third-order valence-electron chi connectivity index (χ3n) is 5.77. The first-order chi connectivity index (χ1) is 14.7. The number of hydrogen-bond acceptors (Lipinski definition) is 4. The van der Waals surface area contributed by atoms with Crippen LogP contribution >= 0.6 is 0 Å². The van der Waals surface area contributed by atoms with Crippen LogP contribution in [0.15, 0.2) is 24.3 Å². The van der Waals surface area contributed by atoms with Crippen LogP contribution in [0.1, 0.15) is 60.9 Å². The van der Waals surface area contributed by atoms with Crippen LogP contribution in [-0.4, -0.2) is 39.8 Å². The van der Waals surface area contributed by atoms with Crippen molar-refractivity contribution in [3.05, 3.63) is 58.4 Å². The minimum atomic E-state index is -0.298. The largest absolute Gasteiger partial charge is 0.352 e. The van der Waals surface area contributed by atoms with Gasteiger partial charge in [-0.15, -0.1) is 0 Å². The van der Waals surface area contributed by atoms with E-state index in [4.69, 9.17) is 9.97 Å². The lowest BCUT2D eigenvalue weighted by atomic mass is 9.95. The molecule has 2 amide bonds. The number of aromatic nitrogens is 2. The summed E-state index contributed by atoms with van der Waals surface area (Å²) < 4.78 is 13.0. The van der Waals surface area contributed by atoms with Gasteiger partial charge in [0.1, 0.15) is 11.6 Å². The summed E-state index contributed by atoms with van der Waals surface area (Å²) in [5, 5.41) is 2.87. The van der Waals surface area contributed by atoms with Crippen molar-refractivity contribution in [1.82, 2.24) is 20.2 Å². The first-order valence-corrected chi connectivity index (χ1v) is 10.9. The maximum atomic E-state index is 13.0. The topological polar surface area (TPSA) is 75.2 Å². The highest BCUT2D eigenvalue weighted by atomic mass is 19.1. The van der Waals surface area contributed by atoms with E-state index in [0.717, 1.165) is 47.7 Å². The van der Waals surface area contributed by atoms with Crippen molar-refractivity contribution in [2.75, 3.05) is 13.1 Å². The van der Waals surface area contributed by atoms with Gasteiger partial charge in [0, 0.05) is 48.4 Å². The van der Waals surface area contributed by atoms with Crippen molar-refractivity contribution in [3.8, 4) is 0 Å². The number of aryl methyl sites for hydroxylation is 2. The summed E-state index contributed by atoms with van der Waals surface area (Å²) in [5.74, 6) is 0.611. The molecule has 1 saturated heterocycles. The molecule has 1 N–H and O–H groups in total. The second kappa shape index (κ2) is 9.98. The summed E-state index contributed by atoms with van der Waals surface area (Å²) in [6.07, 6.45) is 2.10. The lowest BCUT2D eigenvalue weighted by Gasteiger charge is -2.33. The van der Waals surface area contributed by atoms with Crippen LogP contribution in [0, 0.1) is 25.6 Å². The number of amides is 2. The molecule has 1 fully saturated rings. The number of nitrogens with one attached hydrogen (secondary N) is 1. The van der Waals surface area contributed by atoms with E-state index < -0.39 is 0 Å². The van der Waals surface area contributed by atoms with Crippen LogP contribution in [0.3, 0.4) is 0 Å². The number of piperidine rings is 1. The number of rotatable bonds is 6. The van der Waals surface area contributed by atoms with E-state index in [0.29, 0.717) is 13.1 Å². The lowest BCUT2D eigenvalue weighted by Crippen LogP contribution is -2.41. The quantitative estimate of drug-likeness (QED) is 0.768. The maximum Gasteiger partial charge on any atom is 0.225 e. The zero-order valence-corrected chi connectivity index (χ0v) is 18.7. The first kappa shape index (κ1) is 22.8. The molecule has 0 unspecified atom stereocenters. The minimum absolute atomic E-state index is 0.0149. The number of carbonyl (C=O) groups excluding carboxylic acids is 2. The monoisotopic (exact) mass is 426 g/mol. The Labute approximate surface area is 183 Å². The van der Waals surface area contributed by atoms with Crippen LogP contribution in [0.5, 0.6) is 0 Å². The van der Waals surface area contributed by atoms with Gasteiger partial charge >= 0.3 is 0 Å². The molecule has 0 aliphatic carbocycles. The van der Waals surface area contributed by atoms with Gasteiger partial charge in [0.05, 0.1) is 6.42 Å². The minimum Gasteiger partial charge on any atom is -0.352 e. The van der Waals surface area contributed by atoms with E-state index in [1.165, 1.54) is 12.1 Å². The van der Waals surface area contributed by atoms with Gasteiger partial charge in [-0.3, -0.25) is 9.59 Å². The third-order valence-corrected chi connectivity index (χ3v) is 5.77. The van der Waals surface area contributed by atoms with Gasteiger partial charge in [-0.2, -0.15) is 0 Å². The molecule has 0 spiro atoms. The molecule has 166 valence electrons. The normalized spacial score (nSPS) is 16.5. The van der Waals surface area contributed by atoms with Gasteiger partial charge in [-0.1, -0.05) is 26.0 Å². The second-order valence-electron chi connectivity index (χ2n) is 8.59. The molecule has 3 rings (SSSR count). The summed E-state index contributed by atoms with van der Waals surface area (Å²) in [6, 6.07) is 6.07. The first-order valence-electron chi connectivity index (χ1n) is 10.9. The highest BCUT2D eigenvalue weighted by molar-refractivity contribution is 5.79. The summed E-state index contributed by atoms with van der Waals surface area (Å²) in [6.45, 7) is 9.43. The van der Waals surface area contributed by atoms with Crippen LogP contribution in [0.25, 0.3) is 0 Å². The van der Waals surface area contributed by atoms with Crippen molar-refractivity contribution in [2.24, 2.45) is 5.92 Å². The third kappa shape index (κ3) is 5.87. The Balaban J connectivity index is 1.65. The van der Waals surface area contributed by atoms with Gasteiger partial charge in [0.2, 0.25) is 11.8 Å². The van der Waals surface area contributed by atoms with Crippen molar-refractivity contribution in [3.63, 3.8) is 0 Å². The van der Waals surface area contributed by atoms with Gasteiger partial charge < -0.3 is 10.2 Å².